The van der Waals surface area contributed by atoms with E-state index in [1.54, 1.807) is 24.0 Å². The van der Waals surface area contributed by atoms with Crippen LogP contribution in [0.3, 0.4) is 0 Å². The van der Waals surface area contributed by atoms with Crippen molar-refractivity contribution in [3.05, 3.63) is 23.8 Å². The maximum Gasteiger partial charge on any atom is 0.223 e. The van der Waals surface area contributed by atoms with Crippen molar-refractivity contribution in [1.29, 1.82) is 0 Å². The van der Waals surface area contributed by atoms with Crippen molar-refractivity contribution in [1.82, 2.24) is 0 Å². The van der Waals surface area contributed by atoms with Gasteiger partial charge in [-0.05, 0) is 24.5 Å². The van der Waals surface area contributed by atoms with Crippen LogP contribution in [0, 0.1) is 0 Å². The van der Waals surface area contributed by atoms with Gasteiger partial charge in [0.15, 0.2) is 0 Å². The highest BCUT2D eigenvalue weighted by atomic mass is 16.3. The Hall–Kier alpha value is -1.51. The van der Waals surface area contributed by atoms with Crippen molar-refractivity contribution in [2.75, 3.05) is 11.4 Å². The van der Waals surface area contributed by atoms with Crippen molar-refractivity contribution in [2.45, 2.75) is 19.8 Å². The van der Waals surface area contributed by atoms with Gasteiger partial charge in [0.1, 0.15) is 5.75 Å². The van der Waals surface area contributed by atoms with Crippen LogP contribution in [0.2, 0.25) is 0 Å². The lowest BCUT2D eigenvalue weighted by molar-refractivity contribution is -0.116. The molecule has 0 fully saturated rings. The van der Waals surface area contributed by atoms with Crippen molar-refractivity contribution >= 4 is 11.6 Å². The summed E-state index contributed by atoms with van der Waals surface area (Å²) in [6.07, 6.45) is 1.98. The predicted molar refractivity (Wildman–Crippen MR) is 54.5 cm³/mol. The Balaban J connectivity index is 2.46. The highest BCUT2D eigenvalue weighted by Gasteiger charge is 2.19. The highest BCUT2D eigenvalue weighted by Crippen LogP contribution is 2.30. The topological polar surface area (TPSA) is 40.5 Å². The van der Waals surface area contributed by atoms with Crippen LogP contribution in [0.4, 0.5) is 5.69 Å². The summed E-state index contributed by atoms with van der Waals surface area (Å²) in [7, 11) is 0. The summed E-state index contributed by atoms with van der Waals surface area (Å²) in [5.41, 5.74) is 2.01. The fraction of sp³-hybridized carbons (Fsp3) is 0.364. The SMILES string of the molecule is CC(=O)N1CCCc2ccc(O)cc21. The molecule has 2 rings (SSSR count). The molecule has 14 heavy (non-hydrogen) atoms. The summed E-state index contributed by atoms with van der Waals surface area (Å²) < 4.78 is 0. The van der Waals surface area contributed by atoms with Crippen LogP contribution in [-0.4, -0.2) is 17.6 Å². The Morgan fingerprint density at radius 3 is 3.00 bits per heavy atom. The number of aryl methyl sites for hydroxylation is 1. The number of carbonyl (C=O) groups is 1. The zero-order chi connectivity index (χ0) is 10.1. The lowest BCUT2D eigenvalue weighted by atomic mass is 10.0. The van der Waals surface area contributed by atoms with Crippen LogP contribution >= 0.6 is 0 Å². The van der Waals surface area contributed by atoms with Crippen molar-refractivity contribution < 1.29 is 9.90 Å². The standard InChI is InChI=1S/C11H13NO2/c1-8(13)12-6-2-3-9-4-5-10(14)7-11(9)12/h4-5,7,14H,2-3,6H2,1H3. The number of rotatable bonds is 0. The zero-order valence-corrected chi connectivity index (χ0v) is 8.16. The summed E-state index contributed by atoms with van der Waals surface area (Å²) in [5, 5.41) is 9.35. The summed E-state index contributed by atoms with van der Waals surface area (Å²) in [5.74, 6) is 0.258. The number of fused-ring (bicyclic) bond motifs is 1. The first-order chi connectivity index (χ1) is 6.68. The molecule has 3 heteroatoms. The Labute approximate surface area is 83.0 Å². The smallest absolute Gasteiger partial charge is 0.223 e. The van der Waals surface area contributed by atoms with Gasteiger partial charge in [0.2, 0.25) is 5.91 Å². The fourth-order valence-corrected chi connectivity index (χ4v) is 1.89. The number of nitrogens with zero attached hydrogens (tertiary/aromatic N) is 1. The van der Waals surface area contributed by atoms with E-state index in [2.05, 4.69) is 0 Å². The van der Waals surface area contributed by atoms with E-state index in [1.165, 1.54) is 0 Å². The molecular weight excluding hydrogens is 178 g/mol. The van der Waals surface area contributed by atoms with Crippen LogP contribution < -0.4 is 4.90 Å². The van der Waals surface area contributed by atoms with Gasteiger partial charge >= 0.3 is 0 Å². The number of phenols is 1. The number of hydrogen-bond donors (Lipinski definition) is 1. The molecule has 3 nitrogen and oxygen atoms in total. The molecule has 0 saturated heterocycles. The Kier molecular flexibility index (Phi) is 2.15. The number of amides is 1. The second kappa shape index (κ2) is 3.33. The van der Waals surface area contributed by atoms with Crippen LogP contribution in [0.5, 0.6) is 5.75 Å². The molecule has 0 radical (unpaired) electrons. The molecule has 0 spiro atoms. The summed E-state index contributed by atoms with van der Waals surface area (Å²) in [6, 6.07) is 5.22. The number of phenolic OH excluding ortho intramolecular Hbond substituents is 1. The number of hydrogen-bond acceptors (Lipinski definition) is 2. The molecule has 0 saturated carbocycles. The molecule has 74 valence electrons. The molecule has 1 aliphatic rings. The fourth-order valence-electron chi connectivity index (χ4n) is 1.89. The van der Waals surface area contributed by atoms with E-state index in [1.807, 2.05) is 6.07 Å². The first kappa shape index (κ1) is 9.06. The summed E-state index contributed by atoms with van der Waals surface area (Å²) >= 11 is 0. The van der Waals surface area contributed by atoms with E-state index >= 15 is 0 Å². The van der Waals surface area contributed by atoms with Crippen LogP contribution in [0.1, 0.15) is 18.9 Å². The third-order valence-corrected chi connectivity index (χ3v) is 2.57. The van der Waals surface area contributed by atoms with Gasteiger partial charge in [0, 0.05) is 19.5 Å². The van der Waals surface area contributed by atoms with Gasteiger partial charge in [-0.1, -0.05) is 6.07 Å². The van der Waals surface area contributed by atoms with Gasteiger partial charge in [-0.15, -0.1) is 0 Å². The lowest BCUT2D eigenvalue weighted by Crippen LogP contribution is -2.33. The molecule has 1 heterocycles. The minimum absolute atomic E-state index is 0.0385. The van der Waals surface area contributed by atoms with Gasteiger partial charge in [0.25, 0.3) is 0 Å². The lowest BCUT2D eigenvalue weighted by Gasteiger charge is -2.28. The van der Waals surface area contributed by atoms with Gasteiger partial charge in [-0.25, -0.2) is 0 Å². The zero-order valence-electron chi connectivity index (χ0n) is 8.16. The molecule has 1 aliphatic heterocycles. The monoisotopic (exact) mass is 191 g/mol. The largest absolute Gasteiger partial charge is 0.508 e. The summed E-state index contributed by atoms with van der Waals surface area (Å²) in [4.78, 5) is 13.0. The van der Waals surface area contributed by atoms with Gasteiger partial charge in [-0.2, -0.15) is 0 Å². The quantitative estimate of drug-likeness (QED) is 0.678. The Morgan fingerprint density at radius 1 is 1.50 bits per heavy atom. The number of anilines is 1. The molecule has 1 N–H and O–H groups in total. The van der Waals surface area contributed by atoms with E-state index in [0.717, 1.165) is 30.6 Å². The first-order valence-electron chi connectivity index (χ1n) is 4.78. The predicted octanol–water partition coefficient (Wildman–Crippen LogP) is 1.69. The normalized spacial score (nSPS) is 15.1. The van der Waals surface area contributed by atoms with Gasteiger partial charge in [0.05, 0.1) is 5.69 Å². The van der Waals surface area contributed by atoms with E-state index < -0.39 is 0 Å². The molecule has 0 atom stereocenters. The summed E-state index contributed by atoms with van der Waals surface area (Å²) in [6.45, 7) is 2.31. The van der Waals surface area contributed by atoms with Gasteiger partial charge < -0.3 is 10.0 Å². The van der Waals surface area contributed by atoms with Crippen LogP contribution in [0.15, 0.2) is 18.2 Å². The van der Waals surface area contributed by atoms with Crippen molar-refractivity contribution in [3.8, 4) is 5.75 Å². The maximum atomic E-state index is 11.3. The number of carbonyl (C=O) groups excluding carboxylic acids is 1. The van der Waals surface area contributed by atoms with E-state index in [0.29, 0.717) is 0 Å². The van der Waals surface area contributed by atoms with Crippen molar-refractivity contribution in [2.24, 2.45) is 0 Å². The molecule has 1 aromatic carbocycles. The first-order valence-corrected chi connectivity index (χ1v) is 4.78. The van der Waals surface area contributed by atoms with E-state index in [-0.39, 0.29) is 11.7 Å². The molecule has 1 aromatic rings. The van der Waals surface area contributed by atoms with Crippen LogP contribution in [0.25, 0.3) is 0 Å². The third-order valence-electron chi connectivity index (χ3n) is 2.57. The maximum absolute atomic E-state index is 11.3. The molecule has 0 aliphatic carbocycles. The van der Waals surface area contributed by atoms with E-state index in [4.69, 9.17) is 0 Å². The Bertz CT molecular complexity index is 374. The van der Waals surface area contributed by atoms with Gasteiger partial charge in [-0.3, -0.25) is 4.79 Å². The average Bonchev–Trinajstić information content (AvgIpc) is 2.16. The van der Waals surface area contributed by atoms with E-state index in [9.17, 15) is 9.90 Å². The number of benzene rings is 1. The second-order valence-electron chi connectivity index (χ2n) is 3.59. The minimum atomic E-state index is 0.0385. The average molecular weight is 191 g/mol. The number of aromatic hydroxyl groups is 1. The highest BCUT2D eigenvalue weighted by molar-refractivity contribution is 5.93. The molecular formula is C11H13NO2. The Morgan fingerprint density at radius 2 is 2.29 bits per heavy atom. The third kappa shape index (κ3) is 1.45. The van der Waals surface area contributed by atoms with Crippen molar-refractivity contribution in [3.63, 3.8) is 0 Å². The second-order valence-corrected chi connectivity index (χ2v) is 3.59. The molecule has 0 aromatic heterocycles. The minimum Gasteiger partial charge on any atom is -0.508 e. The molecule has 1 amide bonds. The molecule has 0 bridgehead atoms. The molecule has 0 unspecified atom stereocenters. The van der Waals surface area contributed by atoms with Crippen LogP contribution in [-0.2, 0) is 11.2 Å².